The zero-order valence-electron chi connectivity index (χ0n) is 9.36. The van der Waals surface area contributed by atoms with Crippen molar-refractivity contribution in [1.29, 1.82) is 0 Å². The van der Waals surface area contributed by atoms with Crippen molar-refractivity contribution in [2.24, 2.45) is 0 Å². The summed E-state index contributed by atoms with van der Waals surface area (Å²) in [6.07, 6.45) is 6.76. The normalized spacial score (nSPS) is 10.4. The van der Waals surface area contributed by atoms with Crippen molar-refractivity contribution in [2.45, 2.75) is 12.8 Å². The minimum Gasteiger partial charge on any atom is -0.397 e. The smallest absolute Gasteiger partial charge is 0.267 e. The summed E-state index contributed by atoms with van der Waals surface area (Å²) < 4.78 is 0. The summed E-state index contributed by atoms with van der Waals surface area (Å²) in [5.41, 5.74) is 6.56. The molecule has 0 aliphatic carbocycles. The van der Waals surface area contributed by atoms with Crippen LogP contribution in [0.1, 0.15) is 22.7 Å². The Kier molecular flexibility index (Phi) is 3.44. The molecule has 0 unspecified atom stereocenters. The van der Waals surface area contributed by atoms with Gasteiger partial charge in [-0.2, -0.15) is 0 Å². The van der Waals surface area contributed by atoms with Crippen molar-refractivity contribution in [2.75, 3.05) is 12.3 Å². The topological polar surface area (TPSA) is 99.6 Å². The molecule has 2 aromatic rings. The Morgan fingerprint density at radius 3 is 3.00 bits per heavy atom. The average Bonchev–Trinajstić information content (AvgIpc) is 2.95. The number of rotatable bonds is 5. The Bertz CT molecular complexity index is 474. The van der Waals surface area contributed by atoms with E-state index in [4.69, 9.17) is 5.73 Å². The minimum atomic E-state index is -0.138. The number of aryl methyl sites for hydroxylation is 1. The molecule has 90 valence electrons. The number of nitrogens with one attached hydrogen (secondary N) is 3. The van der Waals surface area contributed by atoms with Gasteiger partial charge in [0.25, 0.3) is 5.91 Å². The summed E-state index contributed by atoms with van der Waals surface area (Å²) in [6.45, 7) is 0.610. The van der Waals surface area contributed by atoms with Gasteiger partial charge < -0.3 is 21.0 Å². The van der Waals surface area contributed by atoms with Crippen LogP contribution in [0.3, 0.4) is 0 Å². The quantitative estimate of drug-likeness (QED) is 0.571. The van der Waals surface area contributed by atoms with Gasteiger partial charge in [0.15, 0.2) is 0 Å². The maximum atomic E-state index is 11.6. The molecule has 1 amide bonds. The van der Waals surface area contributed by atoms with Crippen LogP contribution in [0.15, 0.2) is 24.7 Å². The first-order valence-corrected chi connectivity index (χ1v) is 5.46. The van der Waals surface area contributed by atoms with E-state index in [9.17, 15) is 4.79 Å². The number of aromatic nitrogens is 3. The summed E-state index contributed by atoms with van der Waals surface area (Å²) in [5.74, 6) is 0.796. The van der Waals surface area contributed by atoms with Crippen LogP contribution < -0.4 is 11.1 Å². The van der Waals surface area contributed by atoms with E-state index in [1.165, 1.54) is 0 Å². The Balaban J connectivity index is 1.70. The maximum absolute atomic E-state index is 11.6. The fourth-order valence-corrected chi connectivity index (χ4v) is 1.53. The molecule has 0 aliphatic heterocycles. The largest absolute Gasteiger partial charge is 0.397 e. The van der Waals surface area contributed by atoms with Crippen LogP contribution in [0.2, 0.25) is 0 Å². The first kappa shape index (κ1) is 11.3. The van der Waals surface area contributed by atoms with Crippen LogP contribution in [0.25, 0.3) is 0 Å². The Morgan fingerprint density at radius 1 is 1.47 bits per heavy atom. The number of nitrogens with zero attached hydrogens (tertiary/aromatic N) is 1. The van der Waals surface area contributed by atoms with E-state index < -0.39 is 0 Å². The molecular weight excluding hydrogens is 218 g/mol. The van der Waals surface area contributed by atoms with Crippen molar-refractivity contribution >= 4 is 11.6 Å². The molecule has 0 saturated carbocycles. The van der Waals surface area contributed by atoms with E-state index >= 15 is 0 Å². The molecule has 0 aromatic carbocycles. The molecule has 2 heterocycles. The van der Waals surface area contributed by atoms with Crippen LogP contribution in [-0.4, -0.2) is 27.4 Å². The van der Waals surface area contributed by atoms with Gasteiger partial charge in [-0.3, -0.25) is 4.79 Å². The van der Waals surface area contributed by atoms with Crippen LogP contribution in [0.4, 0.5) is 5.69 Å². The van der Waals surface area contributed by atoms with Gasteiger partial charge in [-0.25, -0.2) is 4.98 Å². The van der Waals surface area contributed by atoms with E-state index in [0.29, 0.717) is 17.9 Å². The van der Waals surface area contributed by atoms with Gasteiger partial charge in [-0.15, -0.1) is 0 Å². The molecule has 17 heavy (non-hydrogen) atoms. The molecule has 0 aliphatic rings. The SMILES string of the molecule is Nc1c[nH]c(C(=O)NCCCc2ncc[nH]2)c1. The van der Waals surface area contributed by atoms with Gasteiger partial charge in [0.1, 0.15) is 11.5 Å². The molecule has 0 spiro atoms. The molecule has 6 heteroatoms. The first-order valence-electron chi connectivity index (χ1n) is 5.46. The van der Waals surface area contributed by atoms with Gasteiger partial charge in [0.05, 0.1) is 0 Å². The lowest BCUT2D eigenvalue weighted by Crippen LogP contribution is -2.25. The van der Waals surface area contributed by atoms with E-state index in [1.807, 2.05) is 0 Å². The van der Waals surface area contributed by atoms with E-state index in [2.05, 4.69) is 20.3 Å². The highest BCUT2D eigenvalue weighted by Crippen LogP contribution is 2.04. The van der Waals surface area contributed by atoms with Crippen molar-refractivity contribution in [3.63, 3.8) is 0 Å². The Morgan fingerprint density at radius 2 is 2.35 bits per heavy atom. The van der Waals surface area contributed by atoms with Crippen LogP contribution in [0, 0.1) is 0 Å². The molecular formula is C11H15N5O. The number of carbonyl (C=O) groups excluding carboxylic acids is 1. The third-order valence-electron chi connectivity index (χ3n) is 2.38. The lowest BCUT2D eigenvalue weighted by Gasteiger charge is -2.02. The number of imidazole rings is 1. The van der Waals surface area contributed by atoms with E-state index in [0.717, 1.165) is 18.7 Å². The highest BCUT2D eigenvalue weighted by molar-refractivity contribution is 5.93. The second-order valence-electron chi connectivity index (χ2n) is 3.74. The molecule has 0 saturated heterocycles. The van der Waals surface area contributed by atoms with Crippen molar-refractivity contribution < 1.29 is 4.79 Å². The molecule has 2 rings (SSSR count). The predicted molar refractivity (Wildman–Crippen MR) is 64.4 cm³/mol. The summed E-state index contributed by atoms with van der Waals surface area (Å²) in [7, 11) is 0. The zero-order valence-corrected chi connectivity index (χ0v) is 9.36. The predicted octanol–water partition coefficient (Wildman–Crippen LogP) is 0.683. The van der Waals surface area contributed by atoms with Crippen molar-refractivity contribution in [3.05, 3.63) is 36.2 Å². The van der Waals surface area contributed by atoms with Gasteiger partial charge in [0.2, 0.25) is 0 Å². The van der Waals surface area contributed by atoms with Gasteiger partial charge in [-0.05, 0) is 12.5 Å². The number of anilines is 1. The fourth-order valence-electron chi connectivity index (χ4n) is 1.53. The van der Waals surface area contributed by atoms with Gasteiger partial charge in [0, 0.05) is 37.2 Å². The number of hydrogen-bond donors (Lipinski definition) is 4. The minimum absolute atomic E-state index is 0.138. The number of hydrogen-bond acceptors (Lipinski definition) is 3. The fraction of sp³-hybridized carbons (Fsp3) is 0.273. The number of aromatic amines is 2. The molecule has 2 aromatic heterocycles. The van der Waals surface area contributed by atoms with Gasteiger partial charge in [-0.1, -0.05) is 0 Å². The van der Waals surface area contributed by atoms with E-state index in [1.54, 1.807) is 24.7 Å². The monoisotopic (exact) mass is 233 g/mol. The zero-order chi connectivity index (χ0) is 12.1. The van der Waals surface area contributed by atoms with E-state index in [-0.39, 0.29) is 5.91 Å². The highest BCUT2D eigenvalue weighted by atomic mass is 16.1. The second-order valence-corrected chi connectivity index (χ2v) is 3.74. The van der Waals surface area contributed by atoms with Gasteiger partial charge >= 0.3 is 0 Å². The average molecular weight is 233 g/mol. The summed E-state index contributed by atoms with van der Waals surface area (Å²) in [6, 6.07) is 1.61. The van der Waals surface area contributed by atoms with Crippen molar-refractivity contribution in [3.8, 4) is 0 Å². The molecule has 6 nitrogen and oxygen atoms in total. The molecule has 0 bridgehead atoms. The number of amides is 1. The molecule has 5 N–H and O–H groups in total. The third-order valence-corrected chi connectivity index (χ3v) is 2.38. The molecule has 0 atom stereocenters. The number of H-pyrrole nitrogens is 2. The standard InChI is InChI=1S/C11H15N5O/c12-8-6-9(16-7-8)11(17)15-3-1-2-10-13-4-5-14-10/h4-7,16H,1-3,12H2,(H,13,14)(H,15,17). The lowest BCUT2D eigenvalue weighted by atomic mass is 10.3. The number of nitrogen functional groups attached to an aromatic ring is 1. The maximum Gasteiger partial charge on any atom is 0.267 e. The summed E-state index contributed by atoms with van der Waals surface area (Å²) in [4.78, 5) is 21.5. The van der Waals surface area contributed by atoms with Crippen molar-refractivity contribution in [1.82, 2.24) is 20.3 Å². The second kappa shape index (κ2) is 5.20. The third kappa shape index (κ3) is 3.10. The Hall–Kier alpha value is -2.24. The van der Waals surface area contributed by atoms with Crippen LogP contribution in [0.5, 0.6) is 0 Å². The van der Waals surface area contributed by atoms with Crippen LogP contribution in [-0.2, 0) is 6.42 Å². The summed E-state index contributed by atoms with van der Waals surface area (Å²) >= 11 is 0. The Labute approximate surface area is 98.6 Å². The first-order chi connectivity index (χ1) is 8.25. The molecule has 0 fully saturated rings. The number of carbonyl (C=O) groups is 1. The summed E-state index contributed by atoms with van der Waals surface area (Å²) in [5, 5.41) is 2.81. The lowest BCUT2D eigenvalue weighted by molar-refractivity contribution is 0.0949. The van der Waals surface area contributed by atoms with Crippen LogP contribution >= 0.6 is 0 Å². The molecule has 0 radical (unpaired) electrons. The highest BCUT2D eigenvalue weighted by Gasteiger charge is 2.06. The number of nitrogens with two attached hydrogens (primary N) is 1.